The first kappa shape index (κ1) is 12.8. The summed E-state index contributed by atoms with van der Waals surface area (Å²) in [6.45, 7) is 0. The monoisotopic (exact) mass is 299 g/mol. The van der Waals surface area contributed by atoms with Gasteiger partial charge in [-0.1, -0.05) is 23.7 Å². The van der Waals surface area contributed by atoms with Gasteiger partial charge in [0.15, 0.2) is 0 Å². The zero-order valence-corrected chi connectivity index (χ0v) is 12.1. The zero-order chi connectivity index (χ0) is 14.4. The van der Waals surface area contributed by atoms with Crippen molar-refractivity contribution in [3.05, 3.63) is 58.6 Å². The maximum Gasteiger partial charge on any atom is 0.256 e. The van der Waals surface area contributed by atoms with E-state index < -0.39 is 0 Å². The van der Waals surface area contributed by atoms with Crippen molar-refractivity contribution < 1.29 is 4.79 Å². The van der Waals surface area contributed by atoms with Crippen LogP contribution in [0.4, 0.5) is 0 Å². The van der Waals surface area contributed by atoms with Gasteiger partial charge in [-0.15, -0.1) is 0 Å². The summed E-state index contributed by atoms with van der Waals surface area (Å²) in [5, 5.41) is 0.511. The van der Waals surface area contributed by atoms with E-state index in [2.05, 4.69) is 9.97 Å². The Morgan fingerprint density at radius 1 is 1.29 bits per heavy atom. The van der Waals surface area contributed by atoms with Gasteiger partial charge in [-0.3, -0.25) is 4.79 Å². The first-order valence-corrected chi connectivity index (χ1v) is 7.49. The first-order chi connectivity index (χ1) is 10.3. The molecule has 2 bridgehead atoms. The van der Waals surface area contributed by atoms with Crippen molar-refractivity contribution in [3.63, 3.8) is 0 Å². The van der Waals surface area contributed by atoms with Crippen molar-refractivity contribution in [1.82, 2.24) is 14.9 Å². The van der Waals surface area contributed by atoms with E-state index in [0.29, 0.717) is 10.6 Å². The van der Waals surface area contributed by atoms with Crippen LogP contribution in [0.1, 0.15) is 40.5 Å². The standard InChI is InChI=1S/C16H14ClN3O/c17-13-4-2-1-3-11(13)16(21)20-10-5-6-15(20)12-8-18-9-19-14(12)7-10/h1-4,8-10,15H,5-7H2/t10-,15-/m0/s1. The van der Waals surface area contributed by atoms with E-state index in [1.54, 1.807) is 18.5 Å². The number of nitrogens with zero attached hydrogens (tertiary/aromatic N) is 3. The number of rotatable bonds is 1. The van der Waals surface area contributed by atoms with Crippen LogP contribution in [0, 0.1) is 0 Å². The Hall–Kier alpha value is -1.94. The lowest BCUT2D eigenvalue weighted by molar-refractivity contribution is 0.0644. The molecular weight excluding hydrogens is 286 g/mol. The van der Waals surface area contributed by atoms with E-state index >= 15 is 0 Å². The second kappa shape index (κ2) is 4.81. The predicted molar refractivity (Wildman–Crippen MR) is 79.1 cm³/mol. The van der Waals surface area contributed by atoms with Gasteiger partial charge in [0, 0.05) is 24.2 Å². The normalized spacial score (nSPS) is 23.0. The summed E-state index contributed by atoms with van der Waals surface area (Å²) < 4.78 is 0. The van der Waals surface area contributed by atoms with Crippen LogP contribution < -0.4 is 0 Å². The summed E-state index contributed by atoms with van der Waals surface area (Å²) in [6.07, 6.45) is 6.23. The van der Waals surface area contributed by atoms with Crippen LogP contribution in [0.15, 0.2) is 36.8 Å². The van der Waals surface area contributed by atoms with Gasteiger partial charge in [-0.05, 0) is 25.0 Å². The molecule has 1 fully saturated rings. The summed E-state index contributed by atoms with van der Waals surface area (Å²) >= 11 is 6.18. The predicted octanol–water partition coefficient (Wildman–Crippen LogP) is 3.03. The van der Waals surface area contributed by atoms with E-state index in [1.165, 1.54) is 0 Å². The number of hydrogen-bond donors (Lipinski definition) is 0. The Labute approximate surface area is 127 Å². The number of halogens is 1. The molecule has 0 radical (unpaired) electrons. The largest absolute Gasteiger partial charge is 0.328 e. The Balaban J connectivity index is 1.75. The molecule has 4 nitrogen and oxygen atoms in total. The van der Waals surface area contributed by atoms with E-state index in [-0.39, 0.29) is 18.0 Å². The molecule has 0 spiro atoms. The van der Waals surface area contributed by atoms with Crippen LogP contribution in [0.25, 0.3) is 0 Å². The van der Waals surface area contributed by atoms with E-state index in [1.807, 2.05) is 23.2 Å². The molecule has 1 amide bonds. The van der Waals surface area contributed by atoms with E-state index in [9.17, 15) is 4.79 Å². The first-order valence-electron chi connectivity index (χ1n) is 7.11. The molecule has 4 rings (SSSR count). The molecule has 0 unspecified atom stereocenters. The topological polar surface area (TPSA) is 46.1 Å². The molecule has 2 atom stereocenters. The molecule has 1 saturated heterocycles. The lowest BCUT2D eigenvalue weighted by Crippen LogP contribution is -2.42. The smallest absolute Gasteiger partial charge is 0.256 e. The van der Waals surface area contributed by atoms with E-state index in [4.69, 9.17) is 11.6 Å². The summed E-state index contributed by atoms with van der Waals surface area (Å²) in [7, 11) is 0. The van der Waals surface area contributed by atoms with Crippen LogP contribution >= 0.6 is 11.6 Å². The van der Waals surface area contributed by atoms with Crippen LogP contribution in [-0.4, -0.2) is 26.8 Å². The lowest BCUT2D eigenvalue weighted by Gasteiger charge is -2.35. The highest BCUT2D eigenvalue weighted by molar-refractivity contribution is 6.33. The highest BCUT2D eigenvalue weighted by atomic mass is 35.5. The molecule has 1 aromatic heterocycles. The maximum absolute atomic E-state index is 12.9. The van der Waals surface area contributed by atoms with Crippen molar-refractivity contribution in [3.8, 4) is 0 Å². The number of fused-ring (bicyclic) bond motifs is 4. The van der Waals surface area contributed by atoms with Crippen molar-refractivity contribution in [2.24, 2.45) is 0 Å². The molecule has 21 heavy (non-hydrogen) atoms. The second-order valence-corrected chi connectivity index (χ2v) is 5.98. The average molecular weight is 300 g/mol. The third-order valence-electron chi connectivity index (χ3n) is 4.46. The number of amides is 1. The minimum Gasteiger partial charge on any atom is -0.328 e. The molecule has 1 aromatic carbocycles. The average Bonchev–Trinajstić information content (AvgIpc) is 2.82. The third kappa shape index (κ3) is 1.94. The molecule has 0 aliphatic carbocycles. The molecule has 3 heterocycles. The number of carbonyl (C=O) groups excluding carboxylic acids is 1. The van der Waals surface area contributed by atoms with Gasteiger partial charge < -0.3 is 4.90 Å². The summed E-state index contributed by atoms with van der Waals surface area (Å²) in [5.41, 5.74) is 2.75. The number of carbonyl (C=O) groups is 1. The maximum atomic E-state index is 12.9. The molecule has 0 saturated carbocycles. The molecular formula is C16H14ClN3O. The minimum atomic E-state index is 0.0163. The lowest BCUT2D eigenvalue weighted by atomic mass is 9.98. The Kier molecular flexibility index (Phi) is 2.93. The summed E-state index contributed by atoms with van der Waals surface area (Å²) in [5.74, 6) is 0.0163. The SMILES string of the molecule is O=C(c1ccccc1Cl)N1[C@H]2CC[C@H]1c1cncnc1C2. The van der Waals surface area contributed by atoms with Gasteiger partial charge in [-0.2, -0.15) is 0 Å². The van der Waals surface area contributed by atoms with Crippen LogP contribution in [0.2, 0.25) is 5.02 Å². The van der Waals surface area contributed by atoms with E-state index in [0.717, 1.165) is 30.5 Å². The molecule has 2 aliphatic heterocycles. The fourth-order valence-electron chi connectivity index (χ4n) is 3.51. The fourth-order valence-corrected chi connectivity index (χ4v) is 3.72. The molecule has 0 N–H and O–H groups in total. The minimum absolute atomic E-state index is 0.0163. The molecule has 5 heteroatoms. The Morgan fingerprint density at radius 3 is 3.00 bits per heavy atom. The third-order valence-corrected chi connectivity index (χ3v) is 4.79. The zero-order valence-electron chi connectivity index (χ0n) is 11.4. The number of aromatic nitrogens is 2. The van der Waals surface area contributed by atoms with Gasteiger partial charge in [0.05, 0.1) is 22.3 Å². The second-order valence-electron chi connectivity index (χ2n) is 5.57. The molecule has 106 valence electrons. The molecule has 2 aliphatic rings. The van der Waals surface area contributed by atoms with Crippen LogP contribution in [0.5, 0.6) is 0 Å². The van der Waals surface area contributed by atoms with Gasteiger partial charge in [-0.25, -0.2) is 9.97 Å². The van der Waals surface area contributed by atoms with Crippen molar-refractivity contribution in [2.75, 3.05) is 0 Å². The van der Waals surface area contributed by atoms with Gasteiger partial charge >= 0.3 is 0 Å². The van der Waals surface area contributed by atoms with Crippen molar-refractivity contribution in [2.45, 2.75) is 31.3 Å². The fraction of sp³-hybridized carbons (Fsp3) is 0.312. The van der Waals surface area contributed by atoms with Crippen molar-refractivity contribution in [1.29, 1.82) is 0 Å². The summed E-state index contributed by atoms with van der Waals surface area (Å²) in [4.78, 5) is 23.4. The van der Waals surface area contributed by atoms with Gasteiger partial charge in [0.2, 0.25) is 0 Å². The van der Waals surface area contributed by atoms with Gasteiger partial charge in [0.25, 0.3) is 5.91 Å². The molecule has 2 aromatic rings. The Bertz CT molecular complexity index is 718. The quantitative estimate of drug-likeness (QED) is 0.813. The highest BCUT2D eigenvalue weighted by Gasteiger charge is 2.43. The van der Waals surface area contributed by atoms with Gasteiger partial charge in [0.1, 0.15) is 6.33 Å². The number of benzene rings is 1. The van der Waals surface area contributed by atoms with Crippen LogP contribution in [-0.2, 0) is 6.42 Å². The summed E-state index contributed by atoms with van der Waals surface area (Å²) in [6, 6.07) is 7.55. The van der Waals surface area contributed by atoms with Crippen LogP contribution in [0.3, 0.4) is 0 Å². The Morgan fingerprint density at radius 2 is 2.14 bits per heavy atom. The highest BCUT2D eigenvalue weighted by Crippen LogP contribution is 2.43. The van der Waals surface area contributed by atoms with Crippen molar-refractivity contribution >= 4 is 17.5 Å². The number of hydrogen-bond acceptors (Lipinski definition) is 3.